The van der Waals surface area contributed by atoms with Crippen LogP contribution in [0.4, 0.5) is 0 Å². The molecule has 0 N–H and O–H groups in total. The topological polar surface area (TPSA) is 9.23 Å². The number of ether oxygens (including phenoxy) is 1. The van der Waals surface area contributed by atoms with E-state index in [0.717, 1.165) is 10.0 Å². The van der Waals surface area contributed by atoms with Crippen LogP contribution in [0.5, 0.6) is 0 Å². The molecule has 0 aliphatic carbocycles. The molecule has 1 rings (SSSR count). The molecule has 0 heterocycles. The third-order valence-corrected chi connectivity index (χ3v) is 4.25. The lowest BCUT2D eigenvalue weighted by molar-refractivity contribution is 0.108. The van der Waals surface area contributed by atoms with E-state index in [1.54, 1.807) is 0 Å². The van der Waals surface area contributed by atoms with Gasteiger partial charge >= 0.3 is 0 Å². The molecule has 90 valence electrons. The van der Waals surface area contributed by atoms with Gasteiger partial charge in [-0.2, -0.15) is 0 Å². The van der Waals surface area contributed by atoms with E-state index in [1.165, 1.54) is 0 Å². The van der Waals surface area contributed by atoms with Crippen LogP contribution < -0.4 is 0 Å². The molecule has 0 aromatic heterocycles. The Morgan fingerprint density at radius 3 is 2.38 bits per heavy atom. The molecule has 1 aromatic carbocycles. The summed E-state index contributed by atoms with van der Waals surface area (Å²) in [6.07, 6.45) is 0. The highest BCUT2D eigenvalue weighted by Gasteiger charge is 2.32. The van der Waals surface area contributed by atoms with E-state index in [0.29, 0.717) is 25.0 Å². The summed E-state index contributed by atoms with van der Waals surface area (Å²) in [5.74, 6) is 0.887. The molecular formula is C12H15BrCl2O. The number of hydrogen-bond acceptors (Lipinski definition) is 1. The van der Waals surface area contributed by atoms with Crippen LogP contribution >= 0.6 is 39.1 Å². The second kappa shape index (κ2) is 6.85. The van der Waals surface area contributed by atoms with Gasteiger partial charge in [-0.05, 0) is 18.6 Å². The molecule has 0 bridgehead atoms. The maximum absolute atomic E-state index is 6.08. The van der Waals surface area contributed by atoms with Gasteiger partial charge < -0.3 is 4.74 Å². The summed E-state index contributed by atoms with van der Waals surface area (Å²) in [6.45, 7) is 3.17. The first-order valence-corrected chi connectivity index (χ1v) is 7.01. The predicted molar refractivity (Wildman–Crippen MR) is 73.8 cm³/mol. The number of alkyl halides is 2. The van der Waals surface area contributed by atoms with Gasteiger partial charge in [0.1, 0.15) is 0 Å². The van der Waals surface area contributed by atoms with E-state index < -0.39 is 0 Å². The zero-order valence-corrected chi connectivity index (χ0v) is 12.3. The molecule has 0 amide bonds. The van der Waals surface area contributed by atoms with Crippen molar-refractivity contribution in [2.24, 2.45) is 0 Å². The van der Waals surface area contributed by atoms with Gasteiger partial charge in [0.15, 0.2) is 0 Å². The van der Waals surface area contributed by atoms with Crippen LogP contribution in [-0.4, -0.2) is 25.0 Å². The van der Waals surface area contributed by atoms with Crippen molar-refractivity contribution in [3.8, 4) is 0 Å². The molecule has 0 unspecified atom stereocenters. The van der Waals surface area contributed by atoms with Crippen LogP contribution in [0.25, 0.3) is 0 Å². The minimum Gasteiger partial charge on any atom is -0.381 e. The van der Waals surface area contributed by atoms with Crippen molar-refractivity contribution in [2.75, 3.05) is 25.0 Å². The summed E-state index contributed by atoms with van der Waals surface area (Å²) < 4.78 is 6.52. The van der Waals surface area contributed by atoms with Gasteiger partial charge in [-0.25, -0.2) is 0 Å². The molecule has 0 spiro atoms. The second-order valence-electron chi connectivity index (χ2n) is 3.66. The Balaban J connectivity index is 3.05. The average molecular weight is 326 g/mol. The van der Waals surface area contributed by atoms with E-state index in [1.807, 2.05) is 31.2 Å². The van der Waals surface area contributed by atoms with Gasteiger partial charge in [0.2, 0.25) is 0 Å². The Bertz CT molecular complexity index is 327. The van der Waals surface area contributed by atoms with E-state index in [-0.39, 0.29) is 5.41 Å². The average Bonchev–Trinajstić information content (AvgIpc) is 2.33. The van der Waals surface area contributed by atoms with Crippen LogP contribution in [0, 0.1) is 0 Å². The maximum Gasteiger partial charge on any atom is 0.0586 e. The molecule has 1 nitrogen and oxygen atoms in total. The Labute approximate surface area is 115 Å². The van der Waals surface area contributed by atoms with Gasteiger partial charge in [0.25, 0.3) is 0 Å². The van der Waals surface area contributed by atoms with Crippen LogP contribution in [0.1, 0.15) is 12.5 Å². The molecule has 0 saturated carbocycles. The van der Waals surface area contributed by atoms with Crippen LogP contribution in [0.3, 0.4) is 0 Å². The monoisotopic (exact) mass is 324 g/mol. The molecule has 0 aliphatic heterocycles. The smallest absolute Gasteiger partial charge is 0.0586 e. The van der Waals surface area contributed by atoms with Crippen molar-refractivity contribution in [3.05, 3.63) is 34.3 Å². The maximum atomic E-state index is 6.08. The van der Waals surface area contributed by atoms with E-state index in [4.69, 9.17) is 27.9 Å². The van der Waals surface area contributed by atoms with Crippen molar-refractivity contribution < 1.29 is 4.74 Å². The summed E-state index contributed by atoms with van der Waals surface area (Å²) in [5.41, 5.74) is 0.785. The van der Waals surface area contributed by atoms with Crippen LogP contribution in [0.15, 0.2) is 28.7 Å². The SMILES string of the molecule is CCOCC(CCl)(CCl)c1ccccc1Br. The van der Waals surface area contributed by atoms with Gasteiger partial charge in [-0.15, -0.1) is 23.2 Å². The predicted octanol–water partition coefficient (Wildman–Crippen LogP) is 4.20. The largest absolute Gasteiger partial charge is 0.381 e. The molecular weight excluding hydrogens is 311 g/mol. The highest BCUT2D eigenvalue weighted by molar-refractivity contribution is 9.10. The first-order valence-electron chi connectivity index (χ1n) is 5.15. The number of rotatable bonds is 6. The zero-order chi connectivity index (χ0) is 12.0. The molecule has 0 radical (unpaired) electrons. The molecule has 0 fully saturated rings. The van der Waals surface area contributed by atoms with Crippen molar-refractivity contribution in [2.45, 2.75) is 12.3 Å². The zero-order valence-electron chi connectivity index (χ0n) is 9.18. The van der Waals surface area contributed by atoms with Crippen molar-refractivity contribution in [3.63, 3.8) is 0 Å². The summed E-state index contributed by atoms with van der Waals surface area (Å²) >= 11 is 15.7. The highest BCUT2D eigenvalue weighted by atomic mass is 79.9. The number of hydrogen-bond donors (Lipinski definition) is 0. The van der Waals surface area contributed by atoms with Gasteiger partial charge in [-0.1, -0.05) is 34.1 Å². The first-order chi connectivity index (χ1) is 7.70. The van der Waals surface area contributed by atoms with Crippen molar-refractivity contribution in [1.29, 1.82) is 0 Å². The van der Waals surface area contributed by atoms with E-state index in [9.17, 15) is 0 Å². The van der Waals surface area contributed by atoms with E-state index in [2.05, 4.69) is 15.9 Å². The molecule has 0 aliphatic rings. The molecule has 1 aromatic rings. The molecule has 4 heteroatoms. The van der Waals surface area contributed by atoms with Crippen LogP contribution in [0.2, 0.25) is 0 Å². The Morgan fingerprint density at radius 1 is 1.25 bits per heavy atom. The highest BCUT2D eigenvalue weighted by Crippen LogP contribution is 2.33. The lowest BCUT2D eigenvalue weighted by Gasteiger charge is -2.30. The summed E-state index contributed by atoms with van der Waals surface area (Å²) in [4.78, 5) is 0. The fourth-order valence-corrected chi connectivity index (χ4v) is 2.96. The van der Waals surface area contributed by atoms with Gasteiger partial charge in [0, 0.05) is 28.3 Å². The number of halogens is 3. The minimum absolute atomic E-state index is 0.320. The molecule has 0 atom stereocenters. The van der Waals surface area contributed by atoms with Crippen molar-refractivity contribution in [1.82, 2.24) is 0 Å². The minimum atomic E-state index is -0.320. The third-order valence-electron chi connectivity index (χ3n) is 2.54. The lowest BCUT2D eigenvalue weighted by atomic mass is 9.85. The van der Waals surface area contributed by atoms with Gasteiger partial charge in [0.05, 0.1) is 6.61 Å². The number of benzene rings is 1. The summed E-state index contributed by atoms with van der Waals surface area (Å²) in [5, 5.41) is 0. The Morgan fingerprint density at radius 2 is 1.88 bits per heavy atom. The standard InChI is InChI=1S/C12H15BrCl2O/c1-2-16-9-12(7-14,8-15)10-5-3-4-6-11(10)13/h3-6H,2,7-9H2,1H3. The second-order valence-corrected chi connectivity index (χ2v) is 5.05. The van der Waals surface area contributed by atoms with Gasteiger partial charge in [-0.3, -0.25) is 0 Å². The Hall–Kier alpha value is 0.240. The lowest BCUT2D eigenvalue weighted by Crippen LogP contribution is -2.36. The summed E-state index contributed by atoms with van der Waals surface area (Å²) in [6, 6.07) is 7.99. The van der Waals surface area contributed by atoms with Crippen LogP contribution in [-0.2, 0) is 10.2 Å². The normalized spacial score (nSPS) is 11.8. The first kappa shape index (κ1) is 14.3. The fraction of sp³-hybridized carbons (Fsp3) is 0.500. The molecule has 0 saturated heterocycles. The quantitative estimate of drug-likeness (QED) is 0.712. The van der Waals surface area contributed by atoms with E-state index >= 15 is 0 Å². The van der Waals surface area contributed by atoms with Crippen molar-refractivity contribution >= 4 is 39.1 Å². The third kappa shape index (κ3) is 3.13. The Kier molecular flexibility index (Phi) is 6.12. The summed E-state index contributed by atoms with van der Waals surface area (Å²) in [7, 11) is 0. The molecule has 16 heavy (non-hydrogen) atoms. The fourth-order valence-electron chi connectivity index (χ4n) is 1.52.